The lowest BCUT2D eigenvalue weighted by molar-refractivity contribution is 0.292. The first-order valence-corrected chi connectivity index (χ1v) is 8.77. The molecule has 0 radical (unpaired) electrons. The molecule has 2 aliphatic rings. The van der Waals surface area contributed by atoms with Crippen LogP contribution in [-0.4, -0.2) is 23.1 Å². The molecule has 120 valence electrons. The van der Waals surface area contributed by atoms with E-state index in [-0.39, 0.29) is 0 Å². The van der Waals surface area contributed by atoms with E-state index in [1.54, 1.807) is 5.69 Å². The Bertz CT molecular complexity index is 963. The van der Waals surface area contributed by atoms with Crippen molar-refractivity contribution in [2.75, 3.05) is 13.6 Å². The third kappa shape index (κ3) is 1.99. The Morgan fingerprint density at radius 3 is 2.67 bits per heavy atom. The quantitative estimate of drug-likeness (QED) is 0.638. The Labute approximate surface area is 143 Å². The molecule has 0 N–H and O–H groups in total. The van der Waals surface area contributed by atoms with Gasteiger partial charge in [-0.15, -0.1) is 0 Å². The molecular formula is C22H22N2. The van der Waals surface area contributed by atoms with E-state index in [0.29, 0.717) is 5.92 Å². The monoisotopic (exact) mass is 314 g/mol. The van der Waals surface area contributed by atoms with Gasteiger partial charge in [0.25, 0.3) is 0 Å². The van der Waals surface area contributed by atoms with Crippen molar-refractivity contribution in [1.82, 2.24) is 9.47 Å². The van der Waals surface area contributed by atoms with E-state index in [9.17, 15) is 0 Å². The van der Waals surface area contributed by atoms with Gasteiger partial charge in [-0.2, -0.15) is 0 Å². The Morgan fingerprint density at radius 2 is 1.83 bits per heavy atom. The molecule has 0 amide bonds. The molecule has 0 saturated carbocycles. The minimum absolute atomic E-state index is 0.496. The predicted octanol–water partition coefficient (Wildman–Crippen LogP) is 4.58. The van der Waals surface area contributed by atoms with Gasteiger partial charge in [-0.1, -0.05) is 48.0 Å². The molecule has 24 heavy (non-hydrogen) atoms. The lowest BCUT2D eigenvalue weighted by Crippen LogP contribution is -2.32. The number of aryl methyl sites for hydroxylation is 1. The third-order valence-corrected chi connectivity index (χ3v) is 5.53. The summed E-state index contributed by atoms with van der Waals surface area (Å²) in [4.78, 5) is 2.46. The van der Waals surface area contributed by atoms with Gasteiger partial charge in [-0.05, 0) is 42.8 Å². The van der Waals surface area contributed by atoms with Gasteiger partial charge >= 0.3 is 0 Å². The highest BCUT2D eigenvalue weighted by Gasteiger charge is 2.32. The van der Waals surface area contributed by atoms with Crippen LogP contribution in [0.2, 0.25) is 0 Å². The van der Waals surface area contributed by atoms with Crippen molar-refractivity contribution in [2.45, 2.75) is 25.9 Å². The maximum atomic E-state index is 2.57. The summed E-state index contributed by atoms with van der Waals surface area (Å²) < 4.78 is 2.57. The van der Waals surface area contributed by atoms with Gasteiger partial charge in [0.1, 0.15) is 0 Å². The van der Waals surface area contributed by atoms with Crippen molar-refractivity contribution in [3.05, 3.63) is 77.0 Å². The van der Waals surface area contributed by atoms with E-state index >= 15 is 0 Å². The molecule has 0 bridgehead atoms. The summed E-state index contributed by atoms with van der Waals surface area (Å²) in [6.45, 7) is 5.35. The van der Waals surface area contributed by atoms with Gasteiger partial charge in [0, 0.05) is 42.1 Å². The summed E-state index contributed by atoms with van der Waals surface area (Å²) in [5, 5.41) is 1.45. The van der Waals surface area contributed by atoms with Crippen LogP contribution in [0.15, 0.2) is 54.6 Å². The molecule has 0 aliphatic carbocycles. The number of hydrogen-bond donors (Lipinski definition) is 0. The first kappa shape index (κ1) is 14.1. The SMILES string of the molecule is Cc1ccc2c(c1)c1c3n2CC(c2ccccc2)=CC3CN(C)C1. The second kappa shape index (κ2) is 5.09. The summed E-state index contributed by atoms with van der Waals surface area (Å²) in [7, 11) is 2.24. The van der Waals surface area contributed by atoms with Crippen LogP contribution >= 0.6 is 0 Å². The van der Waals surface area contributed by atoms with E-state index in [2.05, 4.69) is 78.0 Å². The molecule has 2 aliphatic heterocycles. The molecule has 0 saturated heterocycles. The second-order valence-corrected chi connectivity index (χ2v) is 7.33. The highest BCUT2D eigenvalue weighted by molar-refractivity contribution is 5.88. The highest BCUT2D eigenvalue weighted by atomic mass is 15.1. The van der Waals surface area contributed by atoms with Crippen LogP contribution in [0.3, 0.4) is 0 Å². The van der Waals surface area contributed by atoms with Crippen LogP contribution < -0.4 is 0 Å². The van der Waals surface area contributed by atoms with Crippen molar-refractivity contribution in [3.63, 3.8) is 0 Å². The normalized spacial score (nSPS) is 20.1. The number of nitrogens with zero attached hydrogens (tertiary/aromatic N) is 2. The largest absolute Gasteiger partial charge is 0.339 e. The number of fused-ring (bicyclic) bond motifs is 3. The molecule has 3 aromatic rings. The van der Waals surface area contributed by atoms with Crippen LogP contribution in [0.5, 0.6) is 0 Å². The summed E-state index contributed by atoms with van der Waals surface area (Å²) in [5.41, 5.74) is 8.64. The molecule has 1 unspecified atom stereocenters. The van der Waals surface area contributed by atoms with Crippen LogP contribution in [0, 0.1) is 6.92 Å². The Morgan fingerprint density at radius 1 is 1.00 bits per heavy atom. The first-order valence-electron chi connectivity index (χ1n) is 8.77. The summed E-state index contributed by atoms with van der Waals surface area (Å²) in [6.07, 6.45) is 2.51. The van der Waals surface area contributed by atoms with Crippen LogP contribution in [0.1, 0.15) is 28.3 Å². The zero-order valence-corrected chi connectivity index (χ0v) is 14.3. The van der Waals surface area contributed by atoms with Crippen molar-refractivity contribution in [1.29, 1.82) is 0 Å². The number of rotatable bonds is 1. The molecule has 2 nitrogen and oxygen atoms in total. The Hall–Kier alpha value is -2.32. The molecule has 2 heteroatoms. The molecule has 1 aromatic heterocycles. The summed E-state index contributed by atoms with van der Waals surface area (Å²) >= 11 is 0. The van der Waals surface area contributed by atoms with Gasteiger partial charge in [0.2, 0.25) is 0 Å². The van der Waals surface area contributed by atoms with E-state index in [0.717, 1.165) is 19.6 Å². The van der Waals surface area contributed by atoms with Crippen molar-refractivity contribution in [2.24, 2.45) is 0 Å². The number of hydrogen-bond acceptors (Lipinski definition) is 1. The predicted molar refractivity (Wildman–Crippen MR) is 100 cm³/mol. The fourth-order valence-electron chi connectivity index (χ4n) is 4.51. The number of aromatic nitrogens is 1. The van der Waals surface area contributed by atoms with Crippen LogP contribution in [-0.2, 0) is 13.1 Å². The van der Waals surface area contributed by atoms with Gasteiger partial charge in [0.05, 0.1) is 0 Å². The van der Waals surface area contributed by atoms with Crippen LogP contribution in [0.25, 0.3) is 16.5 Å². The zero-order valence-electron chi connectivity index (χ0n) is 14.3. The van der Waals surface area contributed by atoms with Crippen molar-refractivity contribution in [3.8, 4) is 0 Å². The van der Waals surface area contributed by atoms with E-state index < -0.39 is 0 Å². The average Bonchev–Trinajstić information content (AvgIpc) is 2.90. The topological polar surface area (TPSA) is 8.17 Å². The van der Waals surface area contributed by atoms with Gasteiger partial charge in [-0.3, -0.25) is 0 Å². The Kier molecular flexibility index (Phi) is 2.98. The fraction of sp³-hybridized carbons (Fsp3) is 0.273. The second-order valence-electron chi connectivity index (χ2n) is 7.33. The molecule has 2 aromatic carbocycles. The first-order chi connectivity index (χ1) is 11.7. The number of benzene rings is 2. The van der Waals surface area contributed by atoms with Gasteiger partial charge < -0.3 is 9.47 Å². The molecule has 3 heterocycles. The minimum atomic E-state index is 0.496. The number of allylic oxidation sites excluding steroid dienone is 1. The Balaban J connectivity index is 1.75. The van der Waals surface area contributed by atoms with E-state index in [1.165, 1.54) is 33.2 Å². The van der Waals surface area contributed by atoms with Crippen LogP contribution in [0.4, 0.5) is 0 Å². The van der Waals surface area contributed by atoms with Gasteiger partial charge in [0.15, 0.2) is 0 Å². The maximum absolute atomic E-state index is 2.57. The fourth-order valence-corrected chi connectivity index (χ4v) is 4.51. The lowest BCUT2D eigenvalue weighted by atomic mass is 9.89. The van der Waals surface area contributed by atoms with E-state index in [1.807, 2.05) is 0 Å². The van der Waals surface area contributed by atoms with Crippen molar-refractivity contribution < 1.29 is 0 Å². The smallest absolute Gasteiger partial charge is 0.0489 e. The standard InChI is InChI=1S/C22H22N2/c1-15-8-9-21-19(10-15)20-14-23(2)12-18-11-17(13-24(21)22(18)20)16-6-4-3-5-7-16/h3-11,18H,12-14H2,1-2H3. The molecule has 0 spiro atoms. The van der Waals surface area contributed by atoms with E-state index in [4.69, 9.17) is 0 Å². The molecular weight excluding hydrogens is 292 g/mol. The summed E-state index contributed by atoms with van der Waals surface area (Å²) in [6, 6.07) is 17.8. The number of likely N-dealkylation sites (N-methyl/N-ethyl adjacent to an activating group) is 1. The molecule has 5 rings (SSSR count). The third-order valence-electron chi connectivity index (χ3n) is 5.53. The maximum Gasteiger partial charge on any atom is 0.0489 e. The van der Waals surface area contributed by atoms with Crippen molar-refractivity contribution >= 4 is 16.5 Å². The average molecular weight is 314 g/mol. The molecule has 1 atom stereocenters. The summed E-state index contributed by atoms with van der Waals surface area (Å²) in [5.74, 6) is 0.496. The minimum Gasteiger partial charge on any atom is -0.339 e. The zero-order chi connectivity index (χ0) is 16.3. The van der Waals surface area contributed by atoms with Gasteiger partial charge in [-0.25, -0.2) is 0 Å². The lowest BCUT2D eigenvalue weighted by Gasteiger charge is -2.34. The highest BCUT2D eigenvalue weighted by Crippen LogP contribution is 2.42. The molecule has 0 fully saturated rings.